The fourth-order valence-corrected chi connectivity index (χ4v) is 4.06. The number of hydrogen-bond acceptors (Lipinski definition) is 5. The molecule has 0 aliphatic carbocycles. The fraction of sp³-hybridized carbons (Fsp3) is 0.125. The summed E-state index contributed by atoms with van der Waals surface area (Å²) in [5.41, 5.74) is 0.621. The van der Waals surface area contributed by atoms with Gasteiger partial charge in [-0.05, 0) is 36.2 Å². The van der Waals surface area contributed by atoms with Crippen LogP contribution >= 0.6 is 0 Å². The average molecular weight is 328 g/mol. The van der Waals surface area contributed by atoms with Crippen LogP contribution in [0, 0.1) is 28.5 Å². The van der Waals surface area contributed by atoms with Gasteiger partial charge in [0.15, 0.2) is 9.84 Å². The van der Waals surface area contributed by atoms with E-state index in [9.17, 15) is 18.1 Å². The highest BCUT2D eigenvalue weighted by Crippen LogP contribution is 2.36. The third kappa shape index (κ3) is 2.63. The molecule has 0 saturated heterocycles. The van der Waals surface area contributed by atoms with Gasteiger partial charge in [0, 0.05) is 6.07 Å². The van der Waals surface area contributed by atoms with E-state index in [2.05, 4.69) is 0 Å². The molecular weight excluding hydrogens is 319 g/mol. The van der Waals surface area contributed by atoms with Crippen molar-refractivity contribution in [2.24, 2.45) is 0 Å². The summed E-state index contributed by atoms with van der Waals surface area (Å²) in [7, 11) is -3.35. The molecule has 0 aromatic heterocycles. The molecule has 0 saturated carbocycles. The maximum absolute atomic E-state index is 13.4. The average Bonchev–Trinajstić information content (AvgIpc) is 2.82. The number of fused-ring (bicyclic) bond motifs is 1. The molecule has 2 aromatic rings. The van der Waals surface area contributed by atoms with Gasteiger partial charge in [0.1, 0.15) is 23.4 Å². The highest BCUT2D eigenvalue weighted by Gasteiger charge is 2.30. The summed E-state index contributed by atoms with van der Waals surface area (Å²) in [6.07, 6.45) is 0.240. The van der Waals surface area contributed by atoms with Gasteiger partial charge in [0.25, 0.3) is 0 Å². The molecule has 3 rings (SSSR count). The van der Waals surface area contributed by atoms with Gasteiger partial charge in [-0.15, -0.1) is 0 Å². The molecule has 0 amide bonds. The van der Waals surface area contributed by atoms with Gasteiger partial charge < -0.3 is 4.74 Å². The molecule has 0 atom stereocenters. The van der Waals surface area contributed by atoms with Crippen molar-refractivity contribution in [3.63, 3.8) is 0 Å². The first kappa shape index (κ1) is 15.0. The molecule has 2 aromatic carbocycles. The molecule has 0 fully saturated rings. The number of halogens is 1. The Kier molecular flexibility index (Phi) is 3.51. The second-order valence-corrected chi connectivity index (χ2v) is 7.06. The van der Waals surface area contributed by atoms with E-state index in [1.807, 2.05) is 12.1 Å². The fourth-order valence-electron chi connectivity index (χ4n) is 2.51. The van der Waals surface area contributed by atoms with Crippen LogP contribution in [0.2, 0.25) is 0 Å². The lowest BCUT2D eigenvalue weighted by Crippen LogP contribution is -1.99. The predicted octanol–water partition coefficient (Wildman–Crippen LogP) is 2.69. The van der Waals surface area contributed by atoms with E-state index in [1.165, 1.54) is 18.2 Å². The first-order chi connectivity index (χ1) is 10.9. The smallest absolute Gasteiger partial charge is 0.179 e. The normalized spacial score (nSPS) is 14.6. The number of sulfone groups is 1. The first-order valence-electron chi connectivity index (χ1n) is 6.62. The van der Waals surface area contributed by atoms with E-state index in [0.29, 0.717) is 5.56 Å². The number of benzene rings is 2. The molecular formula is C16H9FN2O3S. The Morgan fingerprint density at radius 1 is 1.13 bits per heavy atom. The van der Waals surface area contributed by atoms with E-state index in [1.54, 1.807) is 0 Å². The largest absolute Gasteiger partial charge is 0.456 e. The zero-order chi connectivity index (χ0) is 16.6. The second kappa shape index (κ2) is 5.38. The van der Waals surface area contributed by atoms with Crippen molar-refractivity contribution in [1.82, 2.24) is 0 Å². The molecule has 7 heteroatoms. The third-order valence-electron chi connectivity index (χ3n) is 3.53. The Hall–Kier alpha value is -2.90. The van der Waals surface area contributed by atoms with E-state index in [0.717, 1.165) is 12.1 Å². The molecule has 1 heterocycles. The van der Waals surface area contributed by atoms with Crippen LogP contribution in [0.25, 0.3) is 0 Å². The van der Waals surface area contributed by atoms with Crippen molar-refractivity contribution in [2.45, 2.75) is 11.3 Å². The summed E-state index contributed by atoms with van der Waals surface area (Å²) < 4.78 is 42.7. The van der Waals surface area contributed by atoms with Gasteiger partial charge in [-0.3, -0.25) is 0 Å². The van der Waals surface area contributed by atoms with Crippen LogP contribution in [0.15, 0.2) is 35.2 Å². The highest BCUT2D eigenvalue weighted by molar-refractivity contribution is 7.91. The summed E-state index contributed by atoms with van der Waals surface area (Å²) in [6, 6.07) is 10.0. The molecule has 0 bridgehead atoms. The van der Waals surface area contributed by atoms with Crippen molar-refractivity contribution in [2.75, 3.05) is 5.75 Å². The summed E-state index contributed by atoms with van der Waals surface area (Å²) >= 11 is 0. The maximum atomic E-state index is 13.4. The molecule has 0 N–H and O–H groups in total. The lowest BCUT2D eigenvalue weighted by Gasteiger charge is -2.10. The molecule has 1 aliphatic heterocycles. The summed E-state index contributed by atoms with van der Waals surface area (Å²) in [6.45, 7) is 0. The number of nitrogens with zero attached hydrogens (tertiary/aromatic N) is 2. The van der Waals surface area contributed by atoms with Gasteiger partial charge in [0.05, 0.1) is 27.8 Å². The zero-order valence-corrected chi connectivity index (χ0v) is 12.5. The summed E-state index contributed by atoms with van der Waals surface area (Å²) in [4.78, 5) is 0.137. The minimum atomic E-state index is -3.35. The van der Waals surface area contributed by atoms with E-state index < -0.39 is 15.7 Å². The zero-order valence-electron chi connectivity index (χ0n) is 11.7. The van der Waals surface area contributed by atoms with Crippen molar-refractivity contribution < 1.29 is 17.5 Å². The minimum absolute atomic E-state index is 0.0426. The Labute approximate surface area is 132 Å². The SMILES string of the molecule is N#Cc1cc(F)cc(Oc2ccc3c(c2C#N)CCS3(=O)=O)c1. The Morgan fingerprint density at radius 2 is 1.91 bits per heavy atom. The number of nitriles is 2. The van der Waals surface area contributed by atoms with Crippen LogP contribution in [-0.2, 0) is 16.3 Å². The van der Waals surface area contributed by atoms with Crippen LogP contribution < -0.4 is 4.74 Å². The monoisotopic (exact) mass is 328 g/mol. The molecule has 5 nitrogen and oxygen atoms in total. The lowest BCUT2D eigenvalue weighted by atomic mass is 10.1. The van der Waals surface area contributed by atoms with Crippen LogP contribution in [0.1, 0.15) is 16.7 Å². The van der Waals surface area contributed by atoms with Crippen LogP contribution in [-0.4, -0.2) is 14.2 Å². The standard InChI is InChI=1S/C16H9FN2O3S/c17-11-5-10(8-18)6-12(7-11)22-15-1-2-16-13(14(15)9-19)3-4-23(16,20)21/h1-2,5-7H,3-4H2. The number of hydrogen-bond donors (Lipinski definition) is 0. The predicted molar refractivity (Wildman–Crippen MR) is 78.1 cm³/mol. The molecule has 0 spiro atoms. The topological polar surface area (TPSA) is 90.9 Å². The van der Waals surface area contributed by atoms with Crippen LogP contribution in [0.3, 0.4) is 0 Å². The molecule has 114 valence electrons. The van der Waals surface area contributed by atoms with Gasteiger partial charge in [-0.25, -0.2) is 12.8 Å². The van der Waals surface area contributed by atoms with E-state index >= 15 is 0 Å². The number of rotatable bonds is 2. The van der Waals surface area contributed by atoms with Crippen LogP contribution in [0.5, 0.6) is 11.5 Å². The molecule has 23 heavy (non-hydrogen) atoms. The van der Waals surface area contributed by atoms with Gasteiger partial charge in [0.2, 0.25) is 0 Å². The first-order valence-corrected chi connectivity index (χ1v) is 8.27. The summed E-state index contributed by atoms with van der Waals surface area (Å²) in [5, 5.41) is 18.2. The highest BCUT2D eigenvalue weighted by atomic mass is 32.2. The second-order valence-electron chi connectivity index (χ2n) is 4.99. The maximum Gasteiger partial charge on any atom is 0.179 e. The third-order valence-corrected chi connectivity index (χ3v) is 5.32. The molecule has 0 radical (unpaired) electrons. The van der Waals surface area contributed by atoms with Gasteiger partial charge >= 0.3 is 0 Å². The molecule has 1 aliphatic rings. The Balaban J connectivity index is 2.08. The van der Waals surface area contributed by atoms with E-state index in [4.69, 9.17) is 10.00 Å². The quantitative estimate of drug-likeness (QED) is 0.845. The lowest BCUT2D eigenvalue weighted by molar-refractivity contribution is 0.474. The molecule has 0 unspecified atom stereocenters. The van der Waals surface area contributed by atoms with E-state index in [-0.39, 0.29) is 39.7 Å². The van der Waals surface area contributed by atoms with Crippen molar-refractivity contribution in [3.05, 3.63) is 52.8 Å². The van der Waals surface area contributed by atoms with Gasteiger partial charge in [-0.1, -0.05) is 0 Å². The van der Waals surface area contributed by atoms with Crippen molar-refractivity contribution in [1.29, 1.82) is 10.5 Å². The van der Waals surface area contributed by atoms with Gasteiger partial charge in [-0.2, -0.15) is 10.5 Å². The Morgan fingerprint density at radius 3 is 2.61 bits per heavy atom. The minimum Gasteiger partial charge on any atom is -0.456 e. The van der Waals surface area contributed by atoms with Crippen LogP contribution in [0.4, 0.5) is 4.39 Å². The summed E-state index contributed by atoms with van der Waals surface area (Å²) in [5.74, 6) is -0.475. The van der Waals surface area contributed by atoms with Crippen molar-refractivity contribution >= 4 is 9.84 Å². The number of ether oxygens (including phenoxy) is 1. The van der Waals surface area contributed by atoms with Crippen molar-refractivity contribution in [3.8, 4) is 23.6 Å². The Bertz CT molecular complexity index is 1000.